The first-order valence-electron chi connectivity index (χ1n) is 6.23. The lowest BCUT2D eigenvalue weighted by Crippen LogP contribution is -2.23. The fourth-order valence-corrected chi connectivity index (χ4v) is 2.82. The van der Waals surface area contributed by atoms with Crippen molar-refractivity contribution in [2.24, 2.45) is 0 Å². The van der Waals surface area contributed by atoms with E-state index < -0.39 is 10.0 Å². The van der Waals surface area contributed by atoms with Gasteiger partial charge in [-0.05, 0) is 31.2 Å². The van der Waals surface area contributed by atoms with Gasteiger partial charge in [-0.2, -0.15) is 0 Å². The fraction of sp³-hybridized carbons (Fsp3) is 0.286. The molecule has 21 heavy (non-hydrogen) atoms. The number of sulfonamides is 1. The molecular weight excluding hydrogens is 294 g/mol. The Bertz CT molecular complexity index is 721. The van der Waals surface area contributed by atoms with Gasteiger partial charge in [0.2, 0.25) is 10.0 Å². The summed E-state index contributed by atoms with van der Waals surface area (Å²) in [5.74, 6) is 2.11. The normalized spacial score (nSPS) is 11.4. The van der Waals surface area contributed by atoms with E-state index in [9.17, 15) is 8.42 Å². The highest BCUT2D eigenvalue weighted by atomic mass is 32.2. The van der Waals surface area contributed by atoms with E-state index in [1.54, 1.807) is 25.1 Å². The zero-order valence-electron chi connectivity index (χ0n) is 12.0. The number of benzene rings is 1. The van der Waals surface area contributed by atoms with E-state index in [1.807, 2.05) is 0 Å². The summed E-state index contributed by atoms with van der Waals surface area (Å²) in [5, 5.41) is 0. The summed E-state index contributed by atoms with van der Waals surface area (Å²) in [7, 11) is -0.711. The highest BCUT2D eigenvalue weighted by Gasteiger charge is 2.17. The second-order valence-corrected chi connectivity index (χ2v) is 6.12. The highest BCUT2D eigenvalue weighted by molar-refractivity contribution is 7.89. The third kappa shape index (κ3) is 3.56. The summed E-state index contributed by atoms with van der Waals surface area (Å²) in [5.41, 5.74) is 0. The molecule has 0 fully saturated rings. The maximum atomic E-state index is 12.2. The van der Waals surface area contributed by atoms with E-state index in [1.165, 1.54) is 26.4 Å². The zero-order valence-corrected chi connectivity index (χ0v) is 12.9. The van der Waals surface area contributed by atoms with Crippen LogP contribution in [0, 0.1) is 6.92 Å². The average molecular weight is 311 g/mol. The minimum atomic E-state index is -3.65. The SMILES string of the molecule is COc1ccc(S(=O)(=O)NCc2ccc(C)o2)cc1OC. The summed E-state index contributed by atoms with van der Waals surface area (Å²) in [6.07, 6.45) is 0. The van der Waals surface area contributed by atoms with Gasteiger partial charge >= 0.3 is 0 Å². The third-order valence-electron chi connectivity index (χ3n) is 2.90. The first-order chi connectivity index (χ1) is 9.96. The number of furan rings is 1. The first-order valence-corrected chi connectivity index (χ1v) is 7.71. The second-order valence-electron chi connectivity index (χ2n) is 4.35. The molecule has 114 valence electrons. The fourth-order valence-electron chi connectivity index (χ4n) is 1.81. The summed E-state index contributed by atoms with van der Waals surface area (Å²) in [4.78, 5) is 0.100. The molecule has 2 rings (SSSR count). The third-order valence-corrected chi connectivity index (χ3v) is 4.30. The molecule has 0 atom stereocenters. The van der Waals surface area contributed by atoms with Crippen molar-refractivity contribution in [3.63, 3.8) is 0 Å². The first kappa shape index (κ1) is 15.4. The van der Waals surface area contributed by atoms with Gasteiger partial charge in [0.05, 0.1) is 25.7 Å². The Kier molecular flexibility index (Phi) is 4.54. The van der Waals surface area contributed by atoms with Crippen molar-refractivity contribution in [1.82, 2.24) is 4.72 Å². The quantitative estimate of drug-likeness (QED) is 0.884. The van der Waals surface area contributed by atoms with Crippen LogP contribution >= 0.6 is 0 Å². The maximum absolute atomic E-state index is 12.2. The molecule has 0 saturated carbocycles. The van der Waals surface area contributed by atoms with E-state index >= 15 is 0 Å². The van der Waals surface area contributed by atoms with Gasteiger partial charge in [0, 0.05) is 6.07 Å². The van der Waals surface area contributed by atoms with E-state index in [-0.39, 0.29) is 11.4 Å². The Balaban J connectivity index is 2.19. The van der Waals surface area contributed by atoms with Gasteiger partial charge in [0.15, 0.2) is 11.5 Å². The van der Waals surface area contributed by atoms with Crippen molar-refractivity contribution >= 4 is 10.0 Å². The molecule has 0 radical (unpaired) electrons. The highest BCUT2D eigenvalue weighted by Crippen LogP contribution is 2.29. The smallest absolute Gasteiger partial charge is 0.241 e. The lowest BCUT2D eigenvalue weighted by molar-refractivity contribution is 0.354. The van der Waals surface area contributed by atoms with E-state index in [2.05, 4.69) is 4.72 Å². The Morgan fingerprint density at radius 1 is 1.10 bits per heavy atom. The summed E-state index contributed by atoms with van der Waals surface area (Å²) in [6.45, 7) is 1.89. The predicted octanol–water partition coefficient (Wildman–Crippen LogP) is 2.08. The molecule has 2 aromatic rings. The van der Waals surface area contributed by atoms with Crippen molar-refractivity contribution < 1.29 is 22.3 Å². The number of nitrogens with one attached hydrogen (secondary N) is 1. The van der Waals surface area contributed by atoms with Crippen molar-refractivity contribution in [3.8, 4) is 11.5 Å². The molecule has 0 aliphatic heterocycles. The number of ether oxygens (including phenoxy) is 2. The maximum Gasteiger partial charge on any atom is 0.241 e. The number of hydrogen-bond acceptors (Lipinski definition) is 5. The van der Waals surface area contributed by atoms with Crippen LogP contribution in [0.25, 0.3) is 0 Å². The standard InChI is InChI=1S/C14H17NO5S/c1-10-4-5-11(20-10)9-15-21(16,17)12-6-7-13(18-2)14(8-12)19-3/h4-8,15H,9H2,1-3H3. The zero-order chi connectivity index (χ0) is 15.5. The lowest BCUT2D eigenvalue weighted by atomic mass is 10.3. The van der Waals surface area contributed by atoms with Gasteiger partial charge in [0.1, 0.15) is 11.5 Å². The summed E-state index contributed by atoms with van der Waals surface area (Å²) >= 11 is 0. The van der Waals surface area contributed by atoms with Crippen LogP contribution in [-0.2, 0) is 16.6 Å². The van der Waals surface area contributed by atoms with Gasteiger partial charge < -0.3 is 13.9 Å². The second kappa shape index (κ2) is 6.19. The molecule has 7 heteroatoms. The molecule has 0 saturated heterocycles. The molecule has 6 nitrogen and oxygen atoms in total. The van der Waals surface area contributed by atoms with Gasteiger partial charge in [-0.3, -0.25) is 0 Å². The van der Waals surface area contributed by atoms with Crippen LogP contribution in [0.3, 0.4) is 0 Å². The summed E-state index contributed by atoms with van der Waals surface area (Å²) < 4.78 is 42.4. The molecule has 1 aromatic carbocycles. The van der Waals surface area contributed by atoms with Crippen molar-refractivity contribution in [3.05, 3.63) is 41.9 Å². The average Bonchev–Trinajstić information content (AvgIpc) is 2.90. The van der Waals surface area contributed by atoms with Crippen LogP contribution in [0.2, 0.25) is 0 Å². The molecule has 0 amide bonds. The molecule has 1 heterocycles. The number of hydrogen-bond donors (Lipinski definition) is 1. The molecule has 0 aliphatic carbocycles. The van der Waals surface area contributed by atoms with Crippen LogP contribution in [0.5, 0.6) is 11.5 Å². The number of rotatable bonds is 6. The lowest BCUT2D eigenvalue weighted by Gasteiger charge is -2.10. The van der Waals surface area contributed by atoms with Gasteiger partial charge in [0.25, 0.3) is 0 Å². The van der Waals surface area contributed by atoms with Crippen LogP contribution in [0.1, 0.15) is 11.5 Å². The Labute approximate surface area is 123 Å². The molecule has 1 aromatic heterocycles. The Morgan fingerprint density at radius 3 is 2.38 bits per heavy atom. The van der Waals surface area contributed by atoms with Crippen molar-refractivity contribution in [1.29, 1.82) is 0 Å². The monoisotopic (exact) mass is 311 g/mol. The molecule has 0 spiro atoms. The Morgan fingerprint density at radius 2 is 1.81 bits per heavy atom. The Hall–Kier alpha value is -1.99. The van der Waals surface area contributed by atoms with E-state index in [0.717, 1.165) is 5.76 Å². The van der Waals surface area contributed by atoms with Crippen molar-refractivity contribution in [2.45, 2.75) is 18.4 Å². The largest absolute Gasteiger partial charge is 0.493 e. The minimum Gasteiger partial charge on any atom is -0.493 e. The van der Waals surface area contributed by atoms with Crippen LogP contribution in [0.4, 0.5) is 0 Å². The molecule has 0 bridgehead atoms. The van der Waals surface area contributed by atoms with Gasteiger partial charge in [-0.25, -0.2) is 13.1 Å². The molecule has 1 N–H and O–H groups in total. The van der Waals surface area contributed by atoms with Crippen molar-refractivity contribution in [2.75, 3.05) is 14.2 Å². The van der Waals surface area contributed by atoms with E-state index in [4.69, 9.17) is 13.9 Å². The summed E-state index contributed by atoms with van der Waals surface area (Å²) in [6, 6.07) is 7.92. The van der Waals surface area contributed by atoms with E-state index in [0.29, 0.717) is 17.3 Å². The minimum absolute atomic E-state index is 0.0878. The predicted molar refractivity (Wildman–Crippen MR) is 77.0 cm³/mol. The van der Waals surface area contributed by atoms with Crippen LogP contribution in [-0.4, -0.2) is 22.6 Å². The molecule has 0 aliphatic rings. The number of aryl methyl sites for hydroxylation is 1. The topological polar surface area (TPSA) is 77.8 Å². The van der Waals surface area contributed by atoms with Crippen LogP contribution < -0.4 is 14.2 Å². The number of methoxy groups -OCH3 is 2. The molecular formula is C14H17NO5S. The van der Waals surface area contributed by atoms with Gasteiger partial charge in [-0.15, -0.1) is 0 Å². The molecule has 0 unspecified atom stereocenters. The van der Waals surface area contributed by atoms with Crippen LogP contribution in [0.15, 0.2) is 39.6 Å². The van der Waals surface area contributed by atoms with Gasteiger partial charge in [-0.1, -0.05) is 0 Å².